The molecule has 2 N–H and O–H groups in total. The molecule has 2 aliphatic rings. The van der Waals surface area contributed by atoms with Crippen molar-refractivity contribution in [1.82, 2.24) is 4.90 Å². The number of carboxylic acids is 1. The fraction of sp³-hybridized carbons (Fsp3) is 0.308. The minimum Gasteiger partial charge on any atom is -0.496 e. The highest BCUT2D eigenvalue weighted by atomic mass is 35.5. The van der Waals surface area contributed by atoms with E-state index in [2.05, 4.69) is 5.32 Å². The predicted molar refractivity (Wildman–Crippen MR) is 134 cm³/mol. The van der Waals surface area contributed by atoms with Gasteiger partial charge in [0.25, 0.3) is 5.91 Å². The van der Waals surface area contributed by atoms with Crippen molar-refractivity contribution in [2.24, 2.45) is 5.92 Å². The van der Waals surface area contributed by atoms with E-state index in [9.17, 15) is 19.2 Å². The van der Waals surface area contributed by atoms with Crippen LogP contribution in [-0.2, 0) is 9.59 Å². The Morgan fingerprint density at radius 1 is 1.19 bits per heavy atom. The second-order valence-electron chi connectivity index (χ2n) is 8.86. The maximum Gasteiger partial charge on any atom is 0.323 e. The highest BCUT2D eigenvalue weighted by Crippen LogP contribution is 2.53. The topological polar surface area (TPSA) is 131 Å². The van der Waals surface area contributed by atoms with Gasteiger partial charge in [-0.1, -0.05) is 18.5 Å². The van der Waals surface area contributed by atoms with Gasteiger partial charge in [-0.15, -0.1) is 0 Å². The minimum absolute atomic E-state index is 0.0565. The van der Waals surface area contributed by atoms with Gasteiger partial charge in [-0.25, -0.2) is 0 Å². The molecule has 1 aliphatic heterocycles. The summed E-state index contributed by atoms with van der Waals surface area (Å²) in [6, 6.07) is 7.89. The number of benzene rings is 2. The normalized spacial score (nSPS) is 20.1. The number of hydrogen-bond acceptors (Lipinski definition) is 8. The number of likely N-dealkylation sites (N-methyl/N-ethyl adjacent to an activating group) is 1. The number of carboxylic acid groups (broad SMARTS) is 1. The highest BCUT2D eigenvalue weighted by molar-refractivity contribution is 6.36. The van der Waals surface area contributed by atoms with Gasteiger partial charge in [0.15, 0.2) is 5.75 Å². The minimum atomic E-state index is -1.78. The molecule has 37 heavy (non-hydrogen) atoms. The van der Waals surface area contributed by atoms with E-state index in [1.165, 1.54) is 33.4 Å². The van der Waals surface area contributed by atoms with Crippen molar-refractivity contribution in [3.63, 3.8) is 0 Å². The van der Waals surface area contributed by atoms with Crippen molar-refractivity contribution in [1.29, 1.82) is 0 Å². The zero-order valence-electron chi connectivity index (χ0n) is 20.6. The molecule has 0 radical (unpaired) electrons. The Bertz CT molecular complexity index is 1340. The second-order valence-corrected chi connectivity index (χ2v) is 9.24. The van der Waals surface area contributed by atoms with Crippen LogP contribution in [0.1, 0.15) is 34.1 Å². The molecule has 2 atom stereocenters. The number of rotatable bonds is 7. The first-order chi connectivity index (χ1) is 17.5. The van der Waals surface area contributed by atoms with Crippen LogP contribution in [0.15, 0.2) is 42.1 Å². The van der Waals surface area contributed by atoms with Crippen molar-refractivity contribution < 1.29 is 38.5 Å². The van der Waals surface area contributed by atoms with Crippen LogP contribution in [0.4, 0.5) is 5.69 Å². The van der Waals surface area contributed by atoms with Crippen LogP contribution in [0.2, 0.25) is 5.02 Å². The molecule has 10 nitrogen and oxygen atoms in total. The third-order valence-electron chi connectivity index (χ3n) is 6.47. The molecule has 0 fully saturated rings. The lowest BCUT2D eigenvalue weighted by Crippen LogP contribution is -2.55. The molecule has 0 aromatic heterocycles. The summed E-state index contributed by atoms with van der Waals surface area (Å²) in [5.74, 6) is -2.63. The summed E-state index contributed by atoms with van der Waals surface area (Å²) >= 11 is 6.41. The molecule has 2 aromatic carbocycles. The monoisotopic (exact) mass is 528 g/mol. The zero-order valence-corrected chi connectivity index (χ0v) is 21.3. The molecule has 0 bridgehead atoms. The number of halogens is 1. The van der Waals surface area contributed by atoms with E-state index in [1.54, 1.807) is 31.2 Å². The number of ketones is 2. The van der Waals surface area contributed by atoms with E-state index in [-0.39, 0.29) is 27.8 Å². The van der Waals surface area contributed by atoms with Crippen molar-refractivity contribution in [2.75, 3.05) is 33.1 Å². The molecule has 1 spiro atoms. The van der Waals surface area contributed by atoms with Gasteiger partial charge in [0.1, 0.15) is 28.6 Å². The fourth-order valence-corrected chi connectivity index (χ4v) is 4.86. The average molecular weight is 529 g/mol. The Morgan fingerprint density at radius 2 is 1.84 bits per heavy atom. The summed E-state index contributed by atoms with van der Waals surface area (Å²) in [4.78, 5) is 51.3. The van der Waals surface area contributed by atoms with Crippen LogP contribution in [0.5, 0.6) is 17.2 Å². The van der Waals surface area contributed by atoms with Gasteiger partial charge < -0.3 is 29.5 Å². The summed E-state index contributed by atoms with van der Waals surface area (Å²) in [5, 5.41) is 12.1. The molecule has 0 saturated heterocycles. The Labute approximate surface area is 217 Å². The first kappa shape index (κ1) is 26.0. The molecule has 11 heteroatoms. The average Bonchev–Trinajstić information content (AvgIpc) is 3.17. The number of ether oxygens (including phenoxy) is 3. The van der Waals surface area contributed by atoms with Crippen LogP contribution in [0, 0.1) is 5.92 Å². The number of carbonyl (C=O) groups is 4. The number of aliphatic carboxylic acids is 1. The predicted octanol–water partition coefficient (Wildman–Crippen LogP) is 3.43. The van der Waals surface area contributed by atoms with E-state index >= 15 is 0 Å². The van der Waals surface area contributed by atoms with E-state index in [0.717, 1.165) is 4.90 Å². The zero-order chi connectivity index (χ0) is 27.1. The summed E-state index contributed by atoms with van der Waals surface area (Å²) < 4.78 is 16.6. The lowest BCUT2D eigenvalue weighted by molar-refractivity contribution is -0.137. The standard InChI is InChI=1S/C26H25ClN2O8/c1-13-9-16(28-15-7-5-14(6-8-15)25(34)29(2)12-20(31)32)10-19(30)26(13)24(33)21-17(35-3)11-18(36-4)22(27)23(21)37-26/h5-8,10-11,13,28H,9,12H2,1-4H3,(H,31,32)/t13-,26+/m1/s1. The molecule has 0 saturated carbocycles. The summed E-state index contributed by atoms with van der Waals surface area (Å²) in [6.45, 7) is 1.33. The van der Waals surface area contributed by atoms with Crippen molar-refractivity contribution >= 4 is 40.7 Å². The third-order valence-corrected chi connectivity index (χ3v) is 6.82. The smallest absolute Gasteiger partial charge is 0.323 e. The van der Waals surface area contributed by atoms with Gasteiger partial charge in [-0.3, -0.25) is 19.2 Å². The number of hydrogen-bond donors (Lipinski definition) is 2. The van der Waals surface area contributed by atoms with E-state index < -0.39 is 41.5 Å². The lowest BCUT2D eigenvalue weighted by atomic mass is 9.74. The van der Waals surface area contributed by atoms with Crippen LogP contribution in [0.3, 0.4) is 0 Å². The van der Waals surface area contributed by atoms with Gasteiger partial charge in [-0.2, -0.15) is 0 Å². The molecule has 1 heterocycles. The number of amides is 1. The first-order valence-electron chi connectivity index (χ1n) is 11.3. The number of Topliss-reactive ketones (excluding diaryl/α,β-unsaturated/α-hetero) is 1. The molecule has 0 unspecified atom stereocenters. The summed E-state index contributed by atoms with van der Waals surface area (Å²) in [6.07, 6.45) is 1.64. The molecular weight excluding hydrogens is 504 g/mol. The highest BCUT2D eigenvalue weighted by Gasteiger charge is 2.60. The second kappa shape index (κ2) is 9.78. The quantitative estimate of drug-likeness (QED) is 0.519. The fourth-order valence-electron chi connectivity index (χ4n) is 4.59. The van der Waals surface area contributed by atoms with Gasteiger partial charge >= 0.3 is 5.97 Å². The molecule has 4 rings (SSSR count). The number of nitrogens with zero attached hydrogens (tertiary/aromatic N) is 1. The van der Waals surface area contributed by atoms with Gasteiger partial charge in [0.05, 0.1) is 14.2 Å². The van der Waals surface area contributed by atoms with Gasteiger partial charge in [0, 0.05) is 42.1 Å². The number of nitrogens with one attached hydrogen (secondary N) is 1. The summed E-state index contributed by atoms with van der Waals surface area (Å²) in [7, 11) is 4.23. The Kier molecular flexibility index (Phi) is 6.88. The number of allylic oxidation sites excluding steroid dienone is 1. The molecule has 1 amide bonds. The molecular formula is C26H25ClN2O8. The largest absolute Gasteiger partial charge is 0.496 e. The SMILES string of the molecule is COc1cc(OC)c2c(c1Cl)O[C@@]1(C(=O)C=C(Nc3ccc(C(=O)N(C)CC(=O)O)cc3)C[C@H]1C)C2=O. The maximum absolute atomic E-state index is 13.6. The molecule has 1 aliphatic carbocycles. The maximum atomic E-state index is 13.6. The Morgan fingerprint density at radius 3 is 2.41 bits per heavy atom. The number of fused-ring (bicyclic) bond motifs is 1. The number of anilines is 1. The van der Waals surface area contributed by atoms with Gasteiger partial charge in [0.2, 0.25) is 17.2 Å². The van der Waals surface area contributed by atoms with Crippen molar-refractivity contribution in [3.05, 3.63) is 58.3 Å². The van der Waals surface area contributed by atoms with Crippen LogP contribution in [-0.4, -0.2) is 66.9 Å². The van der Waals surface area contributed by atoms with Crippen LogP contribution in [0.25, 0.3) is 0 Å². The van der Waals surface area contributed by atoms with Crippen molar-refractivity contribution in [3.8, 4) is 17.2 Å². The number of methoxy groups -OCH3 is 2. The summed E-state index contributed by atoms with van der Waals surface area (Å²) in [5.41, 5.74) is -0.183. The van der Waals surface area contributed by atoms with Crippen LogP contribution < -0.4 is 19.5 Å². The van der Waals surface area contributed by atoms with Crippen molar-refractivity contribution in [2.45, 2.75) is 18.9 Å². The third kappa shape index (κ3) is 4.37. The molecule has 2 aromatic rings. The Hall–Kier alpha value is -4.05. The lowest BCUT2D eigenvalue weighted by Gasteiger charge is -2.35. The Balaban J connectivity index is 1.57. The van der Waals surface area contributed by atoms with E-state index in [1.807, 2.05) is 0 Å². The van der Waals surface area contributed by atoms with E-state index in [0.29, 0.717) is 23.4 Å². The molecule has 194 valence electrons. The van der Waals surface area contributed by atoms with Crippen LogP contribution >= 0.6 is 11.6 Å². The first-order valence-corrected chi connectivity index (χ1v) is 11.7. The van der Waals surface area contributed by atoms with Gasteiger partial charge in [-0.05, 0) is 30.7 Å². The van der Waals surface area contributed by atoms with E-state index in [4.69, 9.17) is 30.9 Å². The number of carbonyl (C=O) groups excluding carboxylic acids is 3.